The number of hydrogen-bond donors (Lipinski definition) is 1. The minimum atomic E-state index is -0.195. The van der Waals surface area contributed by atoms with Crippen LogP contribution in [-0.2, 0) is 0 Å². The summed E-state index contributed by atoms with van der Waals surface area (Å²) < 4.78 is 0. The molecule has 1 aliphatic heterocycles. The Balaban J connectivity index is 2.34. The van der Waals surface area contributed by atoms with E-state index in [0.717, 1.165) is 25.9 Å². The van der Waals surface area contributed by atoms with E-state index in [1.54, 1.807) is 0 Å². The molecule has 0 spiro atoms. The first-order chi connectivity index (χ1) is 6.79. The van der Waals surface area contributed by atoms with Crippen molar-refractivity contribution >= 4 is 17.3 Å². The van der Waals surface area contributed by atoms with E-state index in [1.165, 1.54) is 12.6 Å². The van der Waals surface area contributed by atoms with Gasteiger partial charge in [0.2, 0.25) is 0 Å². The summed E-state index contributed by atoms with van der Waals surface area (Å²) >= 11 is 5.94. The van der Waals surface area contributed by atoms with Gasteiger partial charge < -0.3 is 4.90 Å². The summed E-state index contributed by atoms with van der Waals surface area (Å²) in [6.07, 6.45) is 4.96. The van der Waals surface area contributed by atoms with Crippen molar-refractivity contribution in [1.29, 1.82) is 0 Å². The van der Waals surface area contributed by atoms with Gasteiger partial charge in [-0.05, 0) is 19.3 Å². The third-order valence-electron chi connectivity index (χ3n) is 2.46. The lowest BCUT2D eigenvalue weighted by Crippen LogP contribution is -2.34. The predicted octanol–water partition coefficient (Wildman–Crippen LogP) is 1.41. The number of rotatable bonds is 1. The third-order valence-corrected chi connectivity index (χ3v) is 2.73. The maximum atomic E-state index is 11.5. The first kappa shape index (κ1) is 9.52. The average Bonchev–Trinajstić information content (AvgIpc) is 2.19. The Morgan fingerprint density at radius 1 is 1.36 bits per heavy atom. The van der Waals surface area contributed by atoms with Crippen LogP contribution in [0.2, 0.25) is 5.02 Å². The third kappa shape index (κ3) is 1.75. The zero-order valence-electron chi connectivity index (χ0n) is 7.79. The molecule has 0 aromatic carbocycles. The Kier molecular flexibility index (Phi) is 2.72. The predicted molar refractivity (Wildman–Crippen MR) is 55.9 cm³/mol. The lowest BCUT2D eigenvalue weighted by atomic mass is 10.1. The molecule has 4 nitrogen and oxygen atoms in total. The van der Waals surface area contributed by atoms with Crippen molar-refractivity contribution in [2.24, 2.45) is 0 Å². The van der Waals surface area contributed by atoms with Crippen molar-refractivity contribution in [1.82, 2.24) is 10.2 Å². The van der Waals surface area contributed by atoms with Gasteiger partial charge in [-0.3, -0.25) is 4.79 Å². The van der Waals surface area contributed by atoms with E-state index in [0.29, 0.717) is 10.7 Å². The fourth-order valence-electron chi connectivity index (χ4n) is 1.78. The first-order valence-electron chi connectivity index (χ1n) is 4.77. The Morgan fingerprint density at radius 3 is 2.71 bits per heavy atom. The Labute approximate surface area is 86.9 Å². The van der Waals surface area contributed by atoms with E-state index in [2.05, 4.69) is 10.2 Å². The number of nitrogens with zero attached hydrogens (tertiary/aromatic N) is 2. The Bertz CT molecular complexity index is 371. The molecule has 1 saturated heterocycles. The van der Waals surface area contributed by atoms with Gasteiger partial charge in [0.25, 0.3) is 5.56 Å². The van der Waals surface area contributed by atoms with Gasteiger partial charge in [0.05, 0.1) is 11.2 Å². The number of nitrogens with one attached hydrogen (secondary N) is 1. The number of halogens is 1. The van der Waals surface area contributed by atoms with E-state index in [-0.39, 0.29) is 5.56 Å². The van der Waals surface area contributed by atoms with Crippen LogP contribution in [0.15, 0.2) is 11.0 Å². The molecule has 14 heavy (non-hydrogen) atoms. The summed E-state index contributed by atoms with van der Waals surface area (Å²) in [6, 6.07) is 0. The van der Waals surface area contributed by atoms with Crippen LogP contribution < -0.4 is 10.5 Å². The Hall–Kier alpha value is -1.03. The molecule has 0 saturated carbocycles. The van der Waals surface area contributed by atoms with Gasteiger partial charge in [0.15, 0.2) is 0 Å². The molecule has 76 valence electrons. The highest BCUT2D eigenvalue weighted by Crippen LogP contribution is 2.22. The van der Waals surface area contributed by atoms with Gasteiger partial charge in [-0.1, -0.05) is 11.6 Å². The van der Waals surface area contributed by atoms with Crippen LogP contribution in [0.4, 0.5) is 5.69 Å². The normalized spacial score (nSPS) is 17.1. The highest BCUT2D eigenvalue weighted by atomic mass is 35.5. The second kappa shape index (κ2) is 4.00. The molecule has 0 unspecified atom stereocenters. The standard InChI is InChI=1S/C9H12ClN3O/c10-7-6-11-12-9(14)8(7)13-4-2-1-3-5-13/h6H,1-5H2,(H,12,14). The van der Waals surface area contributed by atoms with E-state index in [1.807, 2.05) is 4.90 Å². The molecule has 2 rings (SSSR count). The van der Waals surface area contributed by atoms with Gasteiger partial charge in [-0.25, -0.2) is 5.10 Å². The summed E-state index contributed by atoms with van der Waals surface area (Å²) in [5, 5.41) is 6.49. The summed E-state index contributed by atoms with van der Waals surface area (Å²) in [7, 11) is 0. The number of aromatic nitrogens is 2. The van der Waals surface area contributed by atoms with Crippen LogP contribution >= 0.6 is 11.6 Å². The molecule has 0 amide bonds. The van der Waals surface area contributed by atoms with Crippen LogP contribution in [-0.4, -0.2) is 23.3 Å². The Morgan fingerprint density at radius 2 is 2.07 bits per heavy atom. The molecule has 1 aromatic heterocycles. The second-order valence-electron chi connectivity index (χ2n) is 3.44. The van der Waals surface area contributed by atoms with Crippen molar-refractivity contribution in [3.05, 3.63) is 21.6 Å². The van der Waals surface area contributed by atoms with Crippen LogP contribution in [0.25, 0.3) is 0 Å². The zero-order chi connectivity index (χ0) is 9.97. The quantitative estimate of drug-likeness (QED) is 0.768. The maximum Gasteiger partial charge on any atom is 0.289 e. The van der Waals surface area contributed by atoms with Crippen molar-refractivity contribution in [3.63, 3.8) is 0 Å². The van der Waals surface area contributed by atoms with Crippen LogP contribution in [0, 0.1) is 0 Å². The molecule has 0 aliphatic carbocycles. The van der Waals surface area contributed by atoms with Gasteiger partial charge in [-0.15, -0.1) is 0 Å². The molecular formula is C9H12ClN3O. The van der Waals surface area contributed by atoms with Gasteiger partial charge in [-0.2, -0.15) is 5.10 Å². The summed E-state index contributed by atoms with van der Waals surface area (Å²) in [5.74, 6) is 0. The number of anilines is 1. The molecule has 1 aliphatic rings. The minimum absolute atomic E-state index is 0.195. The summed E-state index contributed by atoms with van der Waals surface area (Å²) in [4.78, 5) is 13.5. The molecule has 2 heterocycles. The topological polar surface area (TPSA) is 49.0 Å². The number of hydrogen-bond acceptors (Lipinski definition) is 3. The monoisotopic (exact) mass is 213 g/mol. The molecule has 0 bridgehead atoms. The van der Waals surface area contributed by atoms with Gasteiger partial charge in [0.1, 0.15) is 5.69 Å². The van der Waals surface area contributed by atoms with Crippen molar-refractivity contribution < 1.29 is 0 Å². The fraction of sp³-hybridized carbons (Fsp3) is 0.556. The van der Waals surface area contributed by atoms with E-state index in [9.17, 15) is 4.79 Å². The largest absolute Gasteiger partial charge is 0.366 e. The number of aromatic amines is 1. The van der Waals surface area contributed by atoms with Crippen LogP contribution in [0.3, 0.4) is 0 Å². The average molecular weight is 214 g/mol. The minimum Gasteiger partial charge on any atom is -0.366 e. The zero-order valence-corrected chi connectivity index (χ0v) is 8.55. The summed E-state index contributed by atoms with van der Waals surface area (Å²) in [5.41, 5.74) is 0.376. The lowest BCUT2D eigenvalue weighted by molar-refractivity contribution is 0.575. The van der Waals surface area contributed by atoms with Gasteiger partial charge in [0, 0.05) is 13.1 Å². The molecule has 1 N–H and O–H groups in total. The van der Waals surface area contributed by atoms with Gasteiger partial charge >= 0.3 is 0 Å². The highest BCUT2D eigenvalue weighted by molar-refractivity contribution is 6.33. The van der Waals surface area contributed by atoms with Crippen molar-refractivity contribution in [3.8, 4) is 0 Å². The molecular weight excluding hydrogens is 202 g/mol. The van der Waals surface area contributed by atoms with Crippen molar-refractivity contribution in [2.45, 2.75) is 19.3 Å². The van der Waals surface area contributed by atoms with Crippen LogP contribution in [0.5, 0.6) is 0 Å². The summed E-state index contributed by atoms with van der Waals surface area (Å²) in [6.45, 7) is 1.82. The van der Waals surface area contributed by atoms with E-state index in [4.69, 9.17) is 11.6 Å². The van der Waals surface area contributed by atoms with E-state index >= 15 is 0 Å². The number of H-pyrrole nitrogens is 1. The maximum absolute atomic E-state index is 11.5. The van der Waals surface area contributed by atoms with E-state index < -0.39 is 0 Å². The highest BCUT2D eigenvalue weighted by Gasteiger charge is 2.16. The number of piperidine rings is 1. The molecule has 1 fully saturated rings. The van der Waals surface area contributed by atoms with Crippen LogP contribution in [0.1, 0.15) is 19.3 Å². The first-order valence-corrected chi connectivity index (χ1v) is 5.15. The molecule has 1 aromatic rings. The fourth-order valence-corrected chi connectivity index (χ4v) is 2.04. The molecule has 0 atom stereocenters. The van der Waals surface area contributed by atoms with Crippen molar-refractivity contribution in [2.75, 3.05) is 18.0 Å². The second-order valence-corrected chi connectivity index (χ2v) is 3.85. The molecule has 5 heteroatoms. The lowest BCUT2D eigenvalue weighted by Gasteiger charge is -2.28. The smallest absolute Gasteiger partial charge is 0.289 e. The SMILES string of the molecule is O=c1[nH]ncc(Cl)c1N1CCCCC1. The molecule has 0 radical (unpaired) electrons.